The average molecular weight is 449 g/mol. The lowest BCUT2D eigenvalue weighted by Crippen LogP contribution is -2.32. The number of cyclic esters (lactones) is 1. The molecule has 4 rings (SSSR count). The first kappa shape index (κ1) is 22.3. The number of hydroxylamine groups is 2. The number of imide groups is 1. The van der Waals surface area contributed by atoms with Gasteiger partial charge in [0.05, 0.1) is 17.5 Å². The molecule has 0 aliphatic carbocycles. The van der Waals surface area contributed by atoms with Crippen molar-refractivity contribution in [2.24, 2.45) is 0 Å². The van der Waals surface area contributed by atoms with E-state index in [9.17, 15) is 24.3 Å². The molecule has 0 radical (unpaired) electrons. The number of aromatic hydroxyl groups is 1. The van der Waals surface area contributed by atoms with E-state index in [1.54, 1.807) is 12.1 Å². The number of phenols is 1. The summed E-state index contributed by atoms with van der Waals surface area (Å²) in [5, 5.41) is 11.1. The Morgan fingerprint density at radius 1 is 1.09 bits per heavy atom. The van der Waals surface area contributed by atoms with E-state index in [-0.39, 0.29) is 35.5 Å². The highest BCUT2D eigenvalue weighted by Gasteiger charge is 2.38. The third-order valence-electron chi connectivity index (χ3n) is 6.17. The van der Waals surface area contributed by atoms with Gasteiger partial charge in [-0.25, -0.2) is 9.59 Å². The van der Waals surface area contributed by atoms with Gasteiger partial charge in [-0.3, -0.25) is 9.59 Å². The molecular weight excluding hydrogens is 426 g/mol. The molecular formula is C25H23NO7. The zero-order chi connectivity index (χ0) is 23.9. The van der Waals surface area contributed by atoms with Crippen LogP contribution in [-0.2, 0) is 27.4 Å². The molecule has 0 fully saturated rings. The molecule has 0 aromatic heterocycles. The summed E-state index contributed by atoms with van der Waals surface area (Å²) >= 11 is 0. The van der Waals surface area contributed by atoms with Crippen molar-refractivity contribution in [1.82, 2.24) is 5.06 Å². The Kier molecular flexibility index (Phi) is 5.76. The highest BCUT2D eigenvalue weighted by atomic mass is 16.7. The molecule has 8 heteroatoms. The van der Waals surface area contributed by atoms with Gasteiger partial charge in [-0.1, -0.05) is 28.8 Å². The van der Waals surface area contributed by atoms with Gasteiger partial charge in [-0.15, -0.1) is 0 Å². The van der Waals surface area contributed by atoms with E-state index in [1.165, 1.54) is 12.1 Å². The monoisotopic (exact) mass is 449 g/mol. The molecule has 170 valence electrons. The summed E-state index contributed by atoms with van der Waals surface area (Å²) in [7, 11) is 0. The molecule has 0 atom stereocenters. The number of carbonyl (C=O) groups excluding carboxylic acids is 4. The van der Waals surface area contributed by atoms with E-state index < -0.39 is 23.8 Å². The quantitative estimate of drug-likeness (QED) is 0.407. The first-order valence-corrected chi connectivity index (χ1v) is 10.6. The fourth-order valence-electron chi connectivity index (χ4n) is 4.05. The standard InChI is InChI=1S/C25H23NO7/c1-13(8-10-16-14(2)15(3)19-12-32-25(31)21(19)22(16)28)9-11-20(27)33-26-23(29)17-6-4-5-7-18(17)24(26)30/h4-8,28H,9-12H2,1-3H3/b13-8+. The maximum Gasteiger partial charge on any atom is 0.342 e. The molecule has 0 saturated heterocycles. The molecule has 33 heavy (non-hydrogen) atoms. The normalized spacial score (nSPS) is 14.9. The zero-order valence-corrected chi connectivity index (χ0v) is 18.6. The molecule has 0 bridgehead atoms. The van der Waals surface area contributed by atoms with Crippen LogP contribution in [0.3, 0.4) is 0 Å². The van der Waals surface area contributed by atoms with Gasteiger partial charge >= 0.3 is 11.9 Å². The van der Waals surface area contributed by atoms with Crippen LogP contribution in [0.5, 0.6) is 5.75 Å². The summed E-state index contributed by atoms with van der Waals surface area (Å²) < 4.78 is 5.06. The summed E-state index contributed by atoms with van der Waals surface area (Å²) in [6, 6.07) is 6.28. The Bertz CT molecular complexity index is 1210. The second-order valence-electron chi connectivity index (χ2n) is 8.18. The number of nitrogens with zero attached hydrogens (tertiary/aromatic N) is 1. The minimum Gasteiger partial charge on any atom is -0.507 e. The summed E-state index contributed by atoms with van der Waals surface area (Å²) in [4.78, 5) is 53.8. The van der Waals surface area contributed by atoms with E-state index in [0.29, 0.717) is 23.5 Å². The van der Waals surface area contributed by atoms with Gasteiger partial charge in [0.1, 0.15) is 17.9 Å². The van der Waals surface area contributed by atoms with Crippen molar-refractivity contribution in [2.75, 3.05) is 0 Å². The molecule has 2 amide bonds. The van der Waals surface area contributed by atoms with Crippen molar-refractivity contribution >= 4 is 23.8 Å². The van der Waals surface area contributed by atoms with Gasteiger partial charge in [-0.05, 0) is 56.9 Å². The minimum absolute atomic E-state index is 0.0315. The van der Waals surface area contributed by atoms with Crippen LogP contribution in [0.15, 0.2) is 35.9 Å². The summed E-state index contributed by atoms with van der Waals surface area (Å²) in [5.74, 6) is -2.61. The van der Waals surface area contributed by atoms with Crippen LogP contribution in [0.2, 0.25) is 0 Å². The van der Waals surface area contributed by atoms with Crippen molar-refractivity contribution in [3.63, 3.8) is 0 Å². The molecule has 2 aliphatic heterocycles. The van der Waals surface area contributed by atoms with Crippen LogP contribution < -0.4 is 0 Å². The van der Waals surface area contributed by atoms with E-state index in [1.807, 2.05) is 26.8 Å². The number of amides is 2. The van der Waals surface area contributed by atoms with Gasteiger partial charge in [0.25, 0.3) is 11.8 Å². The Hall–Kier alpha value is -3.94. The van der Waals surface area contributed by atoms with Crippen LogP contribution in [-0.4, -0.2) is 33.9 Å². The second kappa shape index (κ2) is 8.54. The van der Waals surface area contributed by atoms with Crippen molar-refractivity contribution in [1.29, 1.82) is 0 Å². The molecule has 2 aromatic carbocycles. The molecule has 0 unspecified atom stereocenters. The molecule has 2 aromatic rings. The number of hydrogen-bond donors (Lipinski definition) is 1. The molecule has 2 heterocycles. The first-order chi connectivity index (χ1) is 15.7. The Morgan fingerprint density at radius 3 is 2.36 bits per heavy atom. The number of rotatable bonds is 6. The van der Waals surface area contributed by atoms with Gasteiger partial charge in [0, 0.05) is 11.1 Å². The predicted octanol–water partition coefficient (Wildman–Crippen LogP) is 3.70. The Labute approximate surface area is 190 Å². The van der Waals surface area contributed by atoms with Crippen LogP contribution in [0.1, 0.15) is 73.1 Å². The number of fused-ring (bicyclic) bond motifs is 2. The van der Waals surface area contributed by atoms with Crippen LogP contribution in [0, 0.1) is 13.8 Å². The number of hydrogen-bond acceptors (Lipinski definition) is 7. The van der Waals surface area contributed by atoms with Crippen LogP contribution >= 0.6 is 0 Å². The van der Waals surface area contributed by atoms with E-state index >= 15 is 0 Å². The summed E-state index contributed by atoms with van der Waals surface area (Å²) in [6.45, 7) is 5.77. The fraction of sp³-hybridized carbons (Fsp3) is 0.280. The number of esters is 1. The number of phenolic OH excluding ortho intramolecular Hbond substituents is 1. The topological polar surface area (TPSA) is 110 Å². The van der Waals surface area contributed by atoms with E-state index in [2.05, 4.69) is 0 Å². The number of ether oxygens (including phenoxy) is 1. The van der Waals surface area contributed by atoms with Crippen molar-refractivity contribution < 1.29 is 33.9 Å². The lowest BCUT2D eigenvalue weighted by Gasteiger charge is -2.14. The van der Waals surface area contributed by atoms with E-state index in [0.717, 1.165) is 22.3 Å². The van der Waals surface area contributed by atoms with Gasteiger partial charge in [0.15, 0.2) is 0 Å². The number of allylic oxidation sites excluding steroid dienone is 2. The largest absolute Gasteiger partial charge is 0.507 e. The van der Waals surface area contributed by atoms with Crippen molar-refractivity contribution in [2.45, 2.75) is 46.6 Å². The minimum atomic E-state index is -0.701. The smallest absolute Gasteiger partial charge is 0.342 e. The van der Waals surface area contributed by atoms with Crippen molar-refractivity contribution in [3.8, 4) is 5.75 Å². The molecule has 1 N–H and O–H groups in total. The zero-order valence-electron chi connectivity index (χ0n) is 18.6. The third-order valence-corrected chi connectivity index (χ3v) is 6.17. The van der Waals surface area contributed by atoms with E-state index in [4.69, 9.17) is 9.57 Å². The van der Waals surface area contributed by atoms with Crippen LogP contribution in [0.4, 0.5) is 0 Å². The van der Waals surface area contributed by atoms with Crippen molar-refractivity contribution in [3.05, 3.63) is 74.9 Å². The Balaban J connectivity index is 1.38. The predicted molar refractivity (Wildman–Crippen MR) is 116 cm³/mol. The number of carbonyl (C=O) groups is 4. The average Bonchev–Trinajstić information content (AvgIpc) is 3.30. The SMILES string of the molecule is C/C(=C\Cc1c(C)c(C)c2c(c1O)C(=O)OC2)CCC(=O)ON1C(=O)c2ccccc2C1=O. The first-order valence-electron chi connectivity index (χ1n) is 10.6. The number of benzene rings is 2. The highest BCUT2D eigenvalue weighted by molar-refractivity contribution is 6.20. The molecule has 0 spiro atoms. The second-order valence-corrected chi connectivity index (χ2v) is 8.18. The van der Waals surface area contributed by atoms with Crippen LogP contribution in [0.25, 0.3) is 0 Å². The summed E-state index contributed by atoms with van der Waals surface area (Å²) in [6.07, 6.45) is 2.55. The summed E-state index contributed by atoms with van der Waals surface area (Å²) in [5.41, 5.74) is 4.65. The lowest BCUT2D eigenvalue weighted by atomic mass is 9.91. The molecule has 8 nitrogen and oxygen atoms in total. The van der Waals surface area contributed by atoms with Gasteiger partial charge < -0.3 is 14.7 Å². The molecule has 0 saturated carbocycles. The lowest BCUT2D eigenvalue weighted by molar-refractivity contribution is -0.168. The molecule has 2 aliphatic rings. The maximum absolute atomic E-state index is 12.3. The third kappa shape index (κ3) is 3.88. The maximum atomic E-state index is 12.3. The van der Waals surface area contributed by atoms with Gasteiger partial charge in [0.2, 0.25) is 0 Å². The highest BCUT2D eigenvalue weighted by Crippen LogP contribution is 2.37. The Morgan fingerprint density at radius 2 is 1.73 bits per heavy atom. The van der Waals surface area contributed by atoms with Gasteiger partial charge in [-0.2, -0.15) is 0 Å². The fourth-order valence-corrected chi connectivity index (χ4v) is 4.05.